The summed E-state index contributed by atoms with van der Waals surface area (Å²) in [5.74, 6) is -1.81. The van der Waals surface area contributed by atoms with Gasteiger partial charge in [0, 0.05) is 17.2 Å². The molecule has 1 heterocycles. The molecule has 1 N–H and O–H groups in total. The Labute approximate surface area is 124 Å². The minimum absolute atomic E-state index is 0.181. The van der Waals surface area contributed by atoms with Gasteiger partial charge in [-0.2, -0.15) is 4.39 Å². The van der Waals surface area contributed by atoms with Gasteiger partial charge in [-0.1, -0.05) is 22.9 Å². The molecule has 0 radical (unpaired) electrons. The van der Waals surface area contributed by atoms with Crippen LogP contribution in [-0.4, -0.2) is 11.5 Å². The molecule has 0 fully saturated rings. The fourth-order valence-corrected chi connectivity index (χ4v) is 2.03. The molecule has 3 nitrogen and oxygen atoms in total. The van der Waals surface area contributed by atoms with Crippen LogP contribution in [0.1, 0.15) is 12.5 Å². The molecule has 2 aromatic rings. The predicted molar refractivity (Wildman–Crippen MR) is 75.7 cm³/mol. The Hall–Kier alpha value is -1.53. The highest BCUT2D eigenvalue weighted by Gasteiger charge is 2.12. The normalized spacial score (nSPS) is 10.6. The Morgan fingerprint density at radius 2 is 2.05 bits per heavy atom. The second-order valence-electron chi connectivity index (χ2n) is 4.11. The van der Waals surface area contributed by atoms with Crippen LogP contribution >= 0.6 is 15.9 Å². The molecule has 106 valence electrons. The number of aromatic nitrogens is 1. The molecule has 0 saturated heterocycles. The molecule has 0 amide bonds. The van der Waals surface area contributed by atoms with Gasteiger partial charge in [-0.3, -0.25) is 4.98 Å². The van der Waals surface area contributed by atoms with Crippen molar-refractivity contribution in [1.82, 2.24) is 10.3 Å². The quantitative estimate of drug-likeness (QED) is 0.833. The first kappa shape index (κ1) is 14.9. The summed E-state index contributed by atoms with van der Waals surface area (Å²) in [5.41, 5.74) is 0.903. The summed E-state index contributed by atoms with van der Waals surface area (Å²) in [6, 6.07) is 4.14. The van der Waals surface area contributed by atoms with E-state index in [1.807, 2.05) is 6.92 Å². The fourth-order valence-electron chi connectivity index (χ4n) is 1.62. The number of benzene rings is 1. The second-order valence-corrected chi connectivity index (χ2v) is 5.03. The van der Waals surface area contributed by atoms with Gasteiger partial charge in [0.25, 0.3) is 0 Å². The van der Waals surface area contributed by atoms with E-state index in [4.69, 9.17) is 4.74 Å². The first-order valence-electron chi connectivity index (χ1n) is 6.07. The Kier molecular flexibility index (Phi) is 5.03. The molecule has 0 spiro atoms. The smallest absolute Gasteiger partial charge is 0.201 e. The van der Waals surface area contributed by atoms with Gasteiger partial charge in [0.15, 0.2) is 11.6 Å². The van der Waals surface area contributed by atoms with E-state index in [0.29, 0.717) is 16.8 Å². The van der Waals surface area contributed by atoms with Crippen molar-refractivity contribution in [3.63, 3.8) is 0 Å². The Morgan fingerprint density at radius 3 is 2.80 bits per heavy atom. The van der Waals surface area contributed by atoms with Gasteiger partial charge in [-0.15, -0.1) is 0 Å². The number of halogens is 3. The lowest BCUT2D eigenvalue weighted by Crippen LogP contribution is -2.11. The maximum absolute atomic E-state index is 13.6. The van der Waals surface area contributed by atoms with Crippen LogP contribution in [0.4, 0.5) is 8.78 Å². The van der Waals surface area contributed by atoms with Crippen LogP contribution < -0.4 is 10.1 Å². The summed E-state index contributed by atoms with van der Waals surface area (Å²) in [5, 5.41) is 3.15. The molecule has 2 rings (SSSR count). The van der Waals surface area contributed by atoms with E-state index in [1.165, 1.54) is 12.3 Å². The minimum atomic E-state index is -1.02. The number of rotatable bonds is 5. The van der Waals surface area contributed by atoms with Crippen molar-refractivity contribution < 1.29 is 13.5 Å². The molecule has 0 aliphatic heterocycles. The van der Waals surface area contributed by atoms with Crippen molar-refractivity contribution in [3.8, 4) is 11.5 Å². The van der Waals surface area contributed by atoms with Crippen molar-refractivity contribution in [1.29, 1.82) is 0 Å². The van der Waals surface area contributed by atoms with E-state index < -0.39 is 11.6 Å². The third-order valence-electron chi connectivity index (χ3n) is 2.54. The molecule has 1 aromatic carbocycles. The summed E-state index contributed by atoms with van der Waals surface area (Å²) < 4.78 is 32.7. The van der Waals surface area contributed by atoms with Crippen molar-refractivity contribution >= 4 is 15.9 Å². The van der Waals surface area contributed by atoms with Gasteiger partial charge < -0.3 is 10.1 Å². The SMILES string of the molecule is CCNCc1cncc(Oc2cc(Br)cc(F)c2F)c1. The number of hydrogen-bond acceptors (Lipinski definition) is 3. The lowest BCUT2D eigenvalue weighted by atomic mass is 10.2. The van der Waals surface area contributed by atoms with Gasteiger partial charge in [0.2, 0.25) is 5.82 Å². The molecule has 0 bridgehead atoms. The topological polar surface area (TPSA) is 34.2 Å². The van der Waals surface area contributed by atoms with Crippen molar-refractivity contribution in [2.75, 3.05) is 6.54 Å². The molecule has 0 saturated carbocycles. The predicted octanol–water partition coefficient (Wildman–Crippen LogP) is 4.02. The molecule has 20 heavy (non-hydrogen) atoms. The average molecular weight is 343 g/mol. The number of nitrogens with zero attached hydrogens (tertiary/aromatic N) is 1. The maximum Gasteiger partial charge on any atom is 0.201 e. The molecule has 6 heteroatoms. The Morgan fingerprint density at radius 1 is 1.25 bits per heavy atom. The van der Waals surface area contributed by atoms with Gasteiger partial charge in [0.05, 0.1) is 6.20 Å². The zero-order valence-corrected chi connectivity index (χ0v) is 12.4. The number of pyridine rings is 1. The van der Waals surface area contributed by atoms with E-state index in [0.717, 1.165) is 18.2 Å². The minimum Gasteiger partial charge on any atom is -0.452 e. The van der Waals surface area contributed by atoms with Gasteiger partial charge in [-0.25, -0.2) is 4.39 Å². The van der Waals surface area contributed by atoms with Crippen molar-refractivity contribution in [2.45, 2.75) is 13.5 Å². The summed E-state index contributed by atoms with van der Waals surface area (Å²) in [4.78, 5) is 4.02. The Bertz CT molecular complexity index is 608. The van der Waals surface area contributed by atoms with Crippen molar-refractivity contribution in [2.24, 2.45) is 0 Å². The fraction of sp³-hybridized carbons (Fsp3) is 0.214. The van der Waals surface area contributed by atoms with Crippen LogP contribution in [-0.2, 0) is 6.54 Å². The van der Waals surface area contributed by atoms with E-state index in [-0.39, 0.29) is 5.75 Å². The number of nitrogens with one attached hydrogen (secondary N) is 1. The zero-order valence-electron chi connectivity index (χ0n) is 10.8. The highest BCUT2D eigenvalue weighted by molar-refractivity contribution is 9.10. The van der Waals surface area contributed by atoms with Crippen molar-refractivity contribution in [3.05, 3.63) is 52.3 Å². The van der Waals surface area contributed by atoms with Crippen LogP contribution in [0.25, 0.3) is 0 Å². The van der Waals surface area contributed by atoms with Crippen LogP contribution in [0.15, 0.2) is 35.1 Å². The molecule has 0 aliphatic carbocycles. The third kappa shape index (κ3) is 3.74. The Balaban J connectivity index is 2.21. The van der Waals surface area contributed by atoms with E-state index in [1.54, 1.807) is 12.3 Å². The van der Waals surface area contributed by atoms with Gasteiger partial charge >= 0.3 is 0 Å². The highest BCUT2D eigenvalue weighted by Crippen LogP contribution is 2.29. The number of hydrogen-bond donors (Lipinski definition) is 1. The molecule has 0 atom stereocenters. The lowest BCUT2D eigenvalue weighted by Gasteiger charge is -2.09. The third-order valence-corrected chi connectivity index (χ3v) is 2.99. The lowest BCUT2D eigenvalue weighted by molar-refractivity contribution is 0.414. The van der Waals surface area contributed by atoms with Crippen LogP contribution in [0.3, 0.4) is 0 Å². The first-order valence-corrected chi connectivity index (χ1v) is 6.86. The highest BCUT2D eigenvalue weighted by atomic mass is 79.9. The average Bonchev–Trinajstić information content (AvgIpc) is 2.42. The summed E-state index contributed by atoms with van der Waals surface area (Å²) >= 11 is 3.10. The van der Waals surface area contributed by atoms with E-state index in [2.05, 4.69) is 26.2 Å². The standard InChI is InChI=1S/C14H13BrF2N2O/c1-2-18-6-9-3-11(8-19-7-9)20-13-5-10(15)4-12(16)14(13)17/h3-5,7-8,18H,2,6H2,1H3. The second kappa shape index (κ2) is 6.76. The number of ether oxygens (including phenoxy) is 1. The van der Waals surface area contributed by atoms with Gasteiger partial charge in [-0.05, 0) is 30.3 Å². The van der Waals surface area contributed by atoms with Crippen LogP contribution in [0, 0.1) is 11.6 Å². The van der Waals surface area contributed by atoms with Crippen LogP contribution in [0.2, 0.25) is 0 Å². The van der Waals surface area contributed by atoms with Gasteiger partial charge in [0.1, 0.15) is 5.75 Å². The monoisotopic (exact) mass is 342 g/mol. The molecule has 1 aromatic heterocycles. The maximum atomic E-state index is 13.6. The molecular formula is C14H13BrF2N2O. The van der Waals surface area contributed by atoms with Crippen LogP contribution in [0.5, 0.6) is 11.5 Å². The first-order chi connectivity index (χ1) is 9.60. The van der Waals surface area contributed by atoms with E-state index in [9.17, 15) is 8.78 Å². The summed E-state index contributed by atoms with van der Waals surface area (Å²) in [6.45, 7) is 3.46. The summed E-state index contributed by atoms with van der Waals surface area (Å²) in [7, 11) is 0. The largest absolute Gasteiger partial charge is 0.452 e. The summed E-state index contributed by atoms with van der Waals surface area (Å²) in [6.07, 6.45) is 3.14. The zero-order chi connectivity index (χ0) is 14.5. The molecule has 0 aliphatic rings. The van der Waals surface area contributed by atoms with E-state index >= 15 is 0 Å². The molecular weight excluding hydrogens is 330 g/mol. The molecule has 0 unspecified atom stereocenters.